The van der Waals surface area contributed by atoms with E-state index in [0.717, 1.165) is 11.3 Å². The van der Waals surface area contributed by atoms with E-state index in [4.69, 9.17) is 9.47 Å². The second-order valence-electron chi connectivity index (χ2n) is 5.77. The van der Waals surface area contributed by atoms with Crippen LogP contribution in [0.2, 0.25) is 0 Å². The van der Waals surface area contributed by atoms with Crippen molar-refractivity contribution >= 4 is 45.5 Å². The molecule has 0 aliphatic heterocycles. The molecule has 0 spiro atoms. The lowest BCUT2D eigenvalue weighted by molar-refractivity contribution is -0.113. The molecular formula is C19H20N4O3S2. The topological polar surface area (TPSA) is 85.4 Å². The van der Waals surface area contributed by atoms with Gasteiger partial charge in [-0.1, -0.05) is 35.2 Å². The molecule has 0 fully saturated rings. The Labute approximate surface area is 171 Å². The van der Waals surface area contributed by atoms with Crippen molar-refractivity contribution in [3.05, 3.63) is 48.0 Å². The molecule has 1 aromatic heterocycles. The van der Waals surface area contributed by atoms with Crippen LogP contribution < -0.4 is 20.1 Å². The lowest BCUT2D eigenvalue weighted by Gasteiger charge is -2.11. The number of carbonyl (C=O) groups excluding carboxylic acids is 1. The minimum atomic E-state index is -0.156. The number of hydrogen-bond donors (Lipinski definition) is 2. The summed E-state index contributed by atoms with van der Waals surface area (Å²) in [6, 6.07) is 13.2. The van der Waals surface area contributed by atoms with Gasteiger partial charge in [0.15, 0.2) is 4.34 Å². The number of aryl methyl sites for hydroxylation is 1. The van der Waals surface area contributed by atoms with Gasteiger partial charge >= 0.3 is 0 Å². The minimum absolute atomic E-state index is 0.156. The number of carbonyl (C=O) groups is 1. The molecule has 0 unspecified atom stereocenters. The Hall–Kier alpha value is -2.78. The van der Waals surface area contributed by atoms with E-state index in [9.17, 15) is 4.79 Å². The van der Waals surface area contributed by atoms with Gasteiger partial charge in [-0.05, 0) is 36.8 Å². The molecule has 2 aromatic carbocycles. The third kappa shape index (κ3) is 5.37. The van der Waals surface area contributed by atoms with Crippen LogP contribution in [0.3, 0.4) is 0 Å². The molecule has 0 aliphatic carbocycles. The SMILES string of the molecule is COc1ccc(NC(=O)CSc2nnc(Nc3cccc(C)c3)s2)c(OC)c1. The highest BCUT2D eigenvalue weighted by Crippen LogP contribution is 2.30. The highest BCUT2D eigenvalue weighted by molar-refractivity contribution is 8.01. The molecule has 0 radical (unpaired) electrons. The summed E-state index contributed by atoms with van der Waals surface area (Å²) in [4.78, 5) is 12.3. The first kappa shape index (κ1) is 20.0. The van der Waals surface area contributed by atoms with E-state index in [2.05, 4.69) is 20.8 Å². The van der Waals surface area contributed by atoms with Gasteiger partial charge in [0, 0.05) is 11.8 Å². The number of amides is 1. The fourth-order valence-corrected chi connectivity index (χ4v) is 3.95. The quantitative estimate of drug-likeness (QED) is 0.528. The lowest BCUT2D eigenvalue weighted by atomic mass is 10.2. The third-order valence-electron chi connectivity index (χ3n) is 3.69. The van der Waals surface area contributed by atoms with Crippen LogP contribution in [0.25, 0.3) is 0 Å². The van der Waals surface area contributed by atoms with E-state index in [0.29, 0.717) is 26.7 Å². The minimum Gasteiger partial charge on any atom is -0.497 e. The van der Waals surface area contributed by atoms with Crippen LogP contribution in [0.5, 0.6) is 11.5 Å². The number of benzene rings is 2. The molecule has 2 N–H and O–H groups in total. The Kier molecular flexibility index (Phi) is 6.72. The summed E-state index contributed by atoms with van der Waals surface area (Å²) < 4.78 is 11.2. The van der Waals surface area contributed by atoms with E-state index in [1.807, 2.05) is 31.2 Å². The molecule has 0 saturated carbocycles. The molecule has 3 aromatic rings. The number of aromatic nitrogens is 2. The highest BCUT2D eigenvalue weighted by atomic mass is 32.2. The van der Waals surface area contributed by atoms with Gasteiger partial charge in [0.05, 0.1) is 25.7 Å². The molecule has 0 bridgehead atoms. The predicted octanol–water partition coefficient (Wildman–Crippen LogP) is 4.34. The number of methoxy groups -OCH3 is 2. The molecule has 28 heavy (non-hydrogen) atoms. The molecule has 1 amide bonds. The first-order chi connectivity index (χ1) is 13.6. The molecule has 3 rings (SSSR count). The van der Waals surface area contributed by atoms with Crippen molar-refractivity contribution in [3.8, 4) is 11.5 Å². The predicted molar refractivity (Wildman–Crippen MR) is 113 cm³/mol. The summed E-state index contributed by atoms with van der Waals surface area (Å²) >= 11 is 2.73. The molecule has 146 valence electrons. The summed E-state index contributed by atoms with van der Waals surface area (Å²) in [6.07, 6.45) is 0. The largest absolute Gasteiger partial charge is 0.497 e. The van der Waals surface area contributed by atoms with Gasteiger partial charge in [-0.25, -0.2) is 0 Å². The summed E-state index contributed by atoms with van der Waals surface area (Å²) in [5.41, 5.74) is 2.71. The molecular weight excluding hydrogens is 396 g/mol. The summed E-state index contributed by atoms with van der Waals surface area (Å²) in [6.45, 7) is 2.03. The van der Waals surface area contributed by atoms with Gasteiger partial charge in [0.2, 0.25) is 11.0 Å². The van der Waals surface area contributed by atoms with Crippen LogP contribution in [0.1, 0.15) is 5.56 Å². The summed E-state index contributed by atoms with van der Waals surface area (Å²) in [5.74, 6) is 1.26. The van der Waals surface area contributed by atoms with Gasteiger partial charge in [0.1, 0.15) is 11.5 Å². The Morgan fingerprint density at radius 3 is 2.75 bits per heavy atom. The molecule has 0 aliphatic rings. The maximum Gasteiger partial charge on any atom is 0.234 e. The standard InChI is InChI=1S/C19H20N4O3S2/c1-12-5-4-6-13(9-12)20-18-22-23-19(28-18)27-11-17(24)21-15-8-7-14(25-2)10-16(15)26-3/h4-10H,11H2,1-3H3,(H,20,22)(H,21,24). The third-order valence-corrected chi connectivity index (χ3v) is 5.66. The van der Waals surface area contributed by atoms with Crippen LogP contribution in [0, 0.1) is 6.92 Å². The van der Waals surface area contributed by atoms with Crippen molar-refractivity contribution < 1.29 is 14.3 Å². The number of rotatable bonds is 8. The number of thioether (sulfide) groups is 1. The van der Waals surface area contributed by atoms with Gasteiger partial charge in [0.25, 0.3) is 0 Å². The van der Waals surface area contributed by atoms with Crippen molar-refractivity contribution in [2.24, 2.45) is 0 Å². The first-order valence-electron chi connectivity index (χ1n) is 8.39. The maximum absolute atomic E-state index is 12.3. The number of nitrogens with zero attached hydrogens (tertiary/aromatic N) is 2. The molecule has 9 heteroatoms. The average Bonchev–Trinajstić information content (AvgIpc) is 3.14. The zero-order valence-corrected chi connectivity index (χ0v) is 17.3. The lowest BCUT2D eigenvalue weighted by Crippen LogP contribution is -2.14. The van der Waals surface area contributed by atoms with E-state index in [1.165, 1.54) is 23.1 Å². The van der Waals surface area contributed by atoms with Crippen molar-refractivity contribution in [1.82, 2.24) is 10.2 Å². The normalized spacial score (nSPS) is 10.4. The van der Waals surface area contributed by atoms with E-state index < -0.39 is 0 Å². The monoisotopic (exact) mass is 416 g/mol. The zero-order chi connectivity index (χ0) is 19.9. The van der Waals surface area contributed by atoms with Gasteiger partial charge < -0.3 is 20.1 Å². The van der Waals surface area contributed by atoms with Crippen LogP contribution in [-0.4, -0.2) is 36.1 Å². The Morgan fingerprint density at radius 1 is 1.14 bits per heavy atom. The van der Waals surface area contributed by atoms with E-state index in [1.54, 1.807) is 32.4 Å². The van der Waals surface area contributed by atoms with Crippen LogP contribution in [0.4, 0.5) is 16.5 Å². The smallest absolute Gasteiger partial charge is 0.234 e. The summed E-state index contributed by atoms with van der Waals surface area (Å²) in [5, 5.41) is 15.0. The second-order valence-corrected chi connectivity index (χ2v) is 7.97. The number of anilines is 3. The maximum atomic E-state index is 12.3. The molecule has 7 nitrogen and oxygen atoms in total. The van der Waals surface area contributed by atoms with Crippen molar-refractivity contribution in [3.63, 3.8) is 0 Å². The number of nitrogens with one attached hydrogen (secondary N) is 2. The number of hydrogen-bond acceptors (Lipinski definition) is 8. The average molecular weight is 417 g/mol. The molecule has 0 saturated heterocycles. The zero-order valence-electron chi connectivity index (χ0n) is 15.7. The van der Waals surface area contributed by atoms with Crippen LogP contribution in [-0.2, 0) is 4.79 Å². The van der Waals surface area contributed by atoms with Crippen LogP contribution >= 0.6 is 23.1 Å². The van der Waals surface area contributed by atoms with Crippen molar-refractivity contribution in [1.29, 1.82) is 0 Å². The fraction of sp³-hybridized carbons (Fsp3) is 0.211. The second kappa shape index (κ2) is 9.43. The van der Waals surface area contributed by atoms with Gasteiger partial charge in [-0.15, -0.1) is 10.2 Å². The molecule has 1 heterocycles. The van der Waals surface area contributed by atoms with Crippen LogP contribution in [0.15, 0.2) is 46.8 Å². The van der Waals surface area contributed by atoms with Gasteiger partial charge in [-0.2, -0.15) is 0 Å². The highest BCUT2D eigenvalue weighted by Gasteiger charge is 2.12. The fourth-order valence-electron chi connectivity index (χ4n) is 2.38. The van der Waals surface area contributed by atoms with Gasteiger partial charge in [-0.3, -0.25) is 4.79 Å². The van der Waals surface area contributed by atoms with E-state index >= 15 is 0 Å². The number of ether oxygens (including phenoxy) is 2. The van der Waals surface area contributed by atoms with Crippen molar-refractivity contribution in [2.75, 3.05) is 30.6 Å². The Balaban J connectivity index is 1.54. The Morgan fingerprint density at radius 2 is 2.00 bits per heavy atom. The van der Waals surface area contributed by atoms with E-state index in [-0.39, 0.29) is 11.7 Å². The Bertz CT molecular complexity index is 962. The first-order valence-corrected chi connectivity index (χ1v) is 10.2. The summed E-state index contributed by atoms with van der Waals surface area (Å²) in [7, 11) is 3.12. The van der Waals surface area contributed by atoms with Crippen molar-refractivity contribution in [2.45, 2.75) is 11.3 Å². The molecule has 0 atom stereocenters.